The fraction of sp³-hybridized carbons (Fsp3) is 0.364. The summed E-state index contributed by atoms with van der Waals surface area (Å²) in [5.74, 6) is 0.566. The van der Waals surface area contributed by atoms with Crippen molar-refractivity contribution in [2.24, 2.45) is 0 Å². The van der Waals surface area contributed by atoms with Crippen LogP contribution in [-0.2, 0) is 11.3 Å². The summed E-state index contributed by atoms with van der Waals surface area (Å²) in [5, 5.41) is 3.46. The SMILES string of the molecule is COc1ccc(Cl)cc1NC(=O)CCN1CCN(Cc2cn3ccccc3n2)CC1. The Bertz CT molecular complexity index is 981. The summed E-state index contributed by atoms with van der Waals surface area (Å²) in [7, 11) is 1.57. The molecule has 0 spiro atoms. The third kappa shape index (κ3) is 5.11. The second-order valence-electron chi connectivity index (χ2n) is 7.46. The van der Waals surface area contributed by atoms with E-state index in [1.807, 2.05) is 24.4 Å². The van der Waals surface area contributed by atoms with Gasteiger partial charge < -0.3 is 19.4 Å². The van der Waals surface area contributed by atoms with E-state index in [1.54, 1.807) is 25.3 Å². The van der Waals surface area contributed by atoms with Gasteiger partial charge in [-0.1, -0.05) is 17.7 Å². The first kappa shape index (κ1) is 20.7. The average Bonchev–Trinajstić information content (AvgIpc) is 3.16. The summed E-state index contributed by atoms with van der Waals surface area (Å²) in [6.45, 7) is 5.42. The second kappa shape index (κ2) is 9.47. The van der Waals surface area contributed by atoms with Crippen LogP contribution in [-0.4, -0.2) is 64.9 Å². The number of carbonyl (C=O) groups excluding carboxylic acids is 1. The van der Waals surface area contributed by atoms with Crippen molar-refractivity contribution in [3.05, 3.63) is 59.5 Å². The Morgan fingerprint density at radius 1 is 1.17 bits per heavy atom. The molecule has 0 bridgehead atoms. The Morgan fingerprint density at radius 3 is 2.73 bits per heavy atom. The van der Waals surface area contributed by atoms with Gasteiger partial charge in [0.25, 0.3) is 0 Å². The molecule has 3 aromatic rings. The van der Waals surface area contributed by atoms with E-state index in [9.17, 15) is 4.79 Å². The third-order valence-electron chi connectivity index (χ3n) is 5.36. The number of fused-ring (bicyclic) bond motifs is 1. The summed E-state index contributed by atoms with van der Waals surface area (Å²) >= 11 is 6.03. The van der Waals surface area contributed by atoms with Crippen molar-refractivity contribution in [1.29, 1.82) is 0 Å². The Kier molecular flexibility index (Phi) is 6.52. The van der Waals surface area contributed by atoms with E-state index in [4.69, 9.17) is 16.3 Å². The molecule has 0 radical (unpaired) electrons. The smallest absolute Gasteiger partial charge is 0.225 e. The highest BCUT2D eigenvalue weighted by molar-refractivity contribution is 6.31. The minimum Gasteiger partial charge on any atom is -0.495 e. The van der Waals surface area contributed by atoms with Crippen molar-refractivity contribution in [2.75, 3.05) is 45.2 Å². The first-order valence-corrected chi connectivity index (χ1v) is 10.5. The van der Waals surface area contributed by atoms with Gasteiger partial charge in [0.05, 0.1) is 18.5 Å². The molecule has 30 heavy (non-hydrogen) atoms. The lowest BCUT2D eigenvalue weighted by Gasteiger charge is -2.34. The number of nitrogens with one attached hydrogen (secondary N) is 1. The minimum atomic E-state index is -0.0392. The van der Waals surface area contributed by atoms with Gasteiger partial charge >= 0.3 is 0 Å². The standard InChI is InChI=1S/C22H26ClN5O2/c1-30-20-6-5-17(23)14-19(20)25-22(29)7-9-26-10-12-27(13-11-26)15-18-16-28-8-3-2-4-21(28)24-18/h2-6,8,14,16H,7,9-13,15H2,1H3,(H,25,29). The first-order valence-electron chi connectivity index (χ1n) is 10.1. The van der Waals surface area contributed by atoms with Crippen molar-refractivity contribution in [3.8, 4) is 5.75 Å². The summed E-state index contributed by atoms with van der Waals surface area (Å²) < 4.78 is 7.33. The van der Waals surface area contributed by atoms with Crippen LogP contribution in [0.2, 0.25) is 5.02 Å². The molecule has 7 nitrogen and oxygen atoms in total. The lowest BCUT2D eigenvalue weighted by Crippen LogP contribution is -2.46. The number of hydrogen-bond acceptors (Lipinski definition) is 5. The highest BCUT2D eigenvalue weighted by Gasteiger charge is 2.19. The van der Waals surface area contributed by atoms with E-state index in [0.717, 1.165) is 50.6 Å². The van der Waals surface area contributed by atoms with E-state index in [-0.39, 0.29) is 5.91 Å². The molecule has 1 aliphatic heterocycles. The summed E-state index contributed by atoms with van der Waals surface area (Å²) in [6, 6.07) is 11.2. The number of imidazole rings is 1. The van der Waals surface area contributed by atoms with Crippen molar-refractivity contribution in [2.45, 2.75) is 13.0 Å². The van der Waals surface area contributed by atoms with Crippen LogP contribution >= 0.6 is 11.6 Å². The highest BCUT2D eigenvalue weighted by Crippen LogP contribution is 2.27. The van der Waals surface area contributed by atoms with Gasteiger partial charge in [-0.15, -0.1) is 0 Å². The number of methoxy groups -OCH3 is 1. The van der Waals surface area contributed by atoms with Gasteiger partial charge in [0.1, 0.15) is 11.4 Å². The normalized spacial score (nSPS) is 15.4. The molecule has 1 aromatic carbocycles. The molecule has 0 unspecified atom stereocenters. The fourth-order valence-electron chi connectivity index (χ4n) is 3.71. The number of carbonyl (C=O) groups is 1. The maximum Gasteiger partial charge on any atom is 0.225 e. The van der Waals surface area contributed by atoms with Gasteiger partial charge in [0.15, 0.2) is 0 Å². The number of halogens is 1. The van der Waals surface area contributed by atoms with Crippen LogP contribution in [0, 0.1) is 0 Å². The van der Waals surface area contributed by atoms with E-state index >= 15 is 0 Å². The van der Waals surface area contributed by atoms with E-state index in [2.05, 4.69) is 30.7 Å². The number of aromatic nitrogens is 2. The van der Waals surface area contributed by atoms with Gasteiger partial charge in [-0.3, -0.25) is 9.69 Å². The number of hydrogen-bond donors (Lipinski definition) is 1. The Labute approximate surface area is 181 Å². The van der Waals surface area contributed by atoms with Gasteiger partial charge in [-0.05, 0) is 30.3 Å². The number of pyridine rings is 1. The minimum absolute atomic E-state index is 0.0392. The predicted molar refractivity (Wildman–Crippen MR) is 118 cm³/mol. The topological polar surface area (TPSA) is 62.1 Å². The van der Waals surface area contributed by atoms with E-state index in [1.165, 1.54) is 0 Å². The Balaban J connectivity index is 1.22. The molecule has 1 amide bonds. The summed E-state index contributed by atoms with van der Waals surface area (Å²) in [5.41, 5.74) is 2.67. The van der Waals surface area contributed by atoms with Gasteiger partial charge in [0.2, 0.25) is 5.91 Å². The van der Waals surface area contributed by atoms with Crippen LogP contribution in [0.25, 0.3) is 5.65 Å². The molecule has 3 heterocycles. The van der Waals surface area contributed by atoms with Crippen LogP contribution in [0.4, 0.5) is 5.69 Å². The summed E-state index contributed by atoms with van der Waals surface area (Å²) in [4.78, 5) is 21.8. The average molecular weight is 428 g/mol. The van der Waals surface area contributed by atoms with E-state index < -0.39 is 0 Å². The monoisotopic (exact) mass is 427 g/mol. The Hall–Kier alpha value is -2.61. The number of nitrogens with zero attached hydrogens (tertiary/aromatic N) is 4. The molecule has 4 rings (SSSR count). The fourth-order valence-corrected chi connectivity index (χ4v) is 3.89. The predicted octanol–water partition coefficient (Wildman–Crippen LogP) is 3.14. The Morgan fingerprint density at radius 2 is 1.97 bits per heavy atom. The molecule has 8 heteroatoms. The van der Waals surface area contributed by atoms with Crippen LogP contribution in [0.15, 0.2) is 48.8 Å². The number of benzene rings is 1. The number of ether oxygens (including phenoxy) is 1. The molecule has 0 aliphatic carbocycles. The van der Waals surface area contributed by atoms with Crippen molar-refractivity contribution in [3.63, 3.8) is 0 Å². The third-order valence-corrected chi connectivity index (χ3v) is 5.59. The highest BCUT2D eigenvalue weighted by atomic mass is 35.5. The molecule has 1 fully saturated rings. The zero-order chi connectivity index (χ0) is 20.9. The largest absolute Gasteiger partial charge is 0.495 e. The van der Waals surface area contributed by atoms with Crippen molar-refractivity contribution in [1.82, 2.24) is 19.2 Å². The molecular formula is C22H26ClN5O2. The zero-order valence-electron chi connectivity index (χ0n) is 17.1. The molecule has 1 aliphatic rings. The maximum atomic E-state index is 12.4. The van der Waals surface area contributed by atoms with Crippen molar-refractivity contribution >= 4 is 28.8 Å². The molecular weight excluding hydrogens is 402 g/mol. The number of piperazine rings is 1. The lowest BCUT2D eigenvalue weighted by molar-refractivity contribution is -0.116. The molecule has 1 saturated heterocycles. The zero-order valence-corrected chi connectivity index (χ0v) is 17.8. The molecule has 0 saturated carbocycles. The lowest BCUT2D eigenvalue weighted by atomic mass is 10.2. The summed E-state index contributed by atoms with van der Waals surface area (Å²) in [6.07, 6.45) is 4.55. The van der Waals surface area contributed by atoms with Crippen LogP contribution in [0.5, 0.6) is 5.75 Å². The first-order chi connectivity index (χ1) is 14.6. The van der Waals surface area contributed by atoms with Crippen LogP contribution < -0.4 is 10.1 Å². The molecule has 0 atom stereocenters. The van der Waals surface area contributed by atoms with Crippen LogP contribution in [0.1, 0.15) is 12.1 Å². The van der Waals surface area contributed by atoms with Gasteiger partial charge in [0, 0.05) is 63.1 Å². The van der Waals surface area contributed by atoms with Crippen LogP contribution in [0.3, 0.4) is 0 Å². The van der Waals surface area contributed by atoms with Crippen molar-refractivity contribution < 1.29 is 9.53 Å². The molecule has 158 valence electrons. The molecule has 2 aromatic heterocycles. The second-order valence-corrected chi connectivity index (χ2v) is 7.90. The van der Waals surface area contributed by atoms with Gasteiger partial charge in [-0.25, -0.2) is 4.98 Å². The maximum absolute atomic E-state index is 12.4. The quantitative estimate of drug-likeness (QED) is 0.627. The number of amides is 1. The van der Waals surface area contributed by atoms with E-state index in [0.29, 0.717) is 22.9 Å². The number of rotatable bonds is 7. The number of anilines is 1. The molecule has 1 N–H and O–H groups in total. The van der Waals surface area contributed by atoms with Gasteiger partial charge in [-0.2, -0.15) is 0 Å².